The van der Waals surface area contributed by atoms with Crippen LogP contribution in [0, 0.1) is 0 Å². The Morgan fingerprint density at radius 3 is 2.34 bits per heavy atom. The lowest BCUT2D eigenvalue weighted by molar-refractivity contribution is 0.461. The van der Waals surface area contributed by atoms with Crippen LogP contribution >= 0.6 is 0 Å². The number of para-hydroxylation sites is 1. The monoisotopic (exact) mass is 415 g/mol. The van der Waals surface area contributed by atoms with Crippen LogP contribution in [0.25, 0.3) is 38.9 Å². The fourth-order valence-electron chi connectivity index (χ4n) is 3.90. The highest BCUT2D eigenvalue weighted by Gasteiger charge is 2.14. The van der Waals surface area contributed by atoms with Crippen molar-refractivity contribution in [3.8, 4) is 28.7 Å². The van der Waals surface area contributed by atoms with E-state index in [0.717, 1.165) is 38.9 Å². The SMILES string of the molecule is c1ccc(Oc2cncc(-c3cc4c(cn3)c3ccccc3n4-c3ccccn3)c2)nc1. The van der Waals surface area contributed by atoms with Gasteiger partial charge in [-0.1, -0.05) is 30.3 Å². The van der Waals surface area contributed by atoms with Gasteiger partial charge in [0, 0.05) is 47.2 Å². The van der Waals surface area contributed by atoms with Gasteiger partial charge in [-0.3, -0.25) is 14.5 Å². The van der Waals surface area contributed by atoms with E-state index in [0.29, 0.717) is 11.6 Å². The number of aromatic nitrogens is 5. The topological polar surface area (TPSA) is 65.7 Å². The minimum Gasteiger partial charge on any atom is -0.437 e. The summed E-state index contributed by atoms with van der Waals surface area (Å²) in [7, 11) is 0. The number of fused-ring (bicyclic) bond motifs is 3. The Kier molecular flexibility index (Phi) is 4.32. The number of hydrogen-bond acceptors (Lipinski definition) is 5. The molecule has 0 aliphatic heterocycles. The maximum Gasteiger partial charge on any atom is 0.219 e. The van der Waals surface area contributed by atoms with Crippen LogP contribution in [0.1, 0.15) is 0 Å². The maximum absolute atomic E-state index is 5.85. The largest absolute Gasteiger partial charge is 0.437 e. The molecule has 0 N–H and O–H groups in total. The molecule has 0 amide bonds. The number of rotatable bonds is 4. The van der Waals surface area contributed by atoms with E-state index in [1.165, 1.54) is 0 Å². The van der Waals surface area contributed by atoms with Crippen LogP contribution in [0.4, 0.5) is 0 Å². The van der Waals surface area contributed by atoms with Crippen molar-refractivity contribution in [1.29, 1.82) is 0 Å². The van der Waals surface area contributed by atoms with Crippen LogP contribution in [0.2, 0.25) is 0 Å². The van der Waals surface area contributed by atoms with Gasteiger partial charge in [0.05, 0.1) is 22.9 Å². The summed E-state index contributed by atoms with van der Waals surface area (Å²) in [4.78, 5) is 17.9. The third kappa shape index (κ3) is 3.15. The summed E-state index contributed by atoms with van der Waals surface area (Å²) >= 11 is 0. The third-order valence-corrected chi connectivity index (χ3v) is 5.31. The molecule has 0 aliphatic carbocycles. The lowest BCUT2D eigenvalue weighted by Crippen LogP contribution is -1.97. The van der Waals surface area contributed by atoms with E-state index in [2.05, 4.69) is 37.7 Å². The van der Waals surface area contributed by atoms with Gasteiger partial charge in [0.1, 0.15) is 11.6 Å². The van der Waals surface area contributed by atoms with Crippen molar-refractivity contribution in [1.82, 2.24) is 24.5 Å². The van der Waals surface area contributed by atoms with E-state index < -0.39 is 0 Å². The molecule has 0 atom stereocenters. The highest BCUT2D eigenvalue weighted by molar-refractivity contribution is 6.09. The molecule has 0 bridgehead atoms. The predicted octanol–water partition coefficient (Wildman–Crippen LogP) is 5.82. The molecule has 6 heteroatoms. The number of pyridine rings is 4. The lowest BCUT2D eigenvalue weighted by atomic mass is 10.1. The molecule has 6 nitrogen and oxygen atoms in total. The molecule has 0 radical (unpaired) electrons. The van der Waals surface area contributed by atoms with Crippen LogP contribution in [-0.2, 0) is 0 Å². The van der Waals surface area contributed by atoms with Gasteiger partial charge >= 0.3 is 0 Å². The van der Waals surface area contributed by atoms with Crippen LogP contribution in [0.3, 0.4) is 0 Å². The second kappa shape index (κ2) is 7.59. The maximum atomic E-state index is 5.85. The van der Waals surface area contributed by atoms with Gasteiger partial charge in [-0.2, -0.15) is 0 Å². The van der Waals surface area contributed by atoms with Gasteiger partial charge in [0.25, 0.3) is 0 Å². The highest BCUT2D eigenvalue weighted by Crippen LogP contribution is 2.33. The lowest BCUT2D eigenvalue weighted by Gasteiger charge is -2.08. The second-order valence-electron chi connectivity index (χ2n) is 7.31. The molecule has 0 aliphatic rings. The second-order valence-corrected chi connectivity index (χ2v) is 7.31. The van der Waals surface area contributed by atoms with Crippen LogP contribution in [0.5, 0.6) is 11.6 Å². The molecule has 0 unspecified atom stereocenters. The summed E-state index contributed by atoms with van der Waals surface area (Å²) in [6.45, 7) is 0. The van der Waals surface area contributed by atoms with Gasteiger partial charge in [0.15, 0.2) is 0 Å². The molecule has 0 saturated heterocycles. The fourth-order valence-corrected chi connectivity index (χ4v) is 3.90. The molecule has 0 saturated carbocycles. The summed E-state index contributed by atoms with van der Waals surface area (Å²) in [6.07, 6.45) is 8.87. The van der Waals surface area contributed by atoms with Crippen molar-refractivity contribution in [3.05, 3.63) is 104 Å². The first-order chi connectivity index (χ1) is 15.9. The Morgan fingerprint density at radius 1 is 0.656 bits per heavy atom. The Balaban J connectivity index is 1.50. The fraction of sp³-hybridized carbons (Fsp3) is 0. The van der Waals surface area contributed by atoms with Crippen molar-refractivity contribution in [2.75, 3.05) is 0 Å². The summed E-state index contributed by atoms with van der Waals surface area (Å²) < 4.78 is 8.02. The number of nitrogens with zero attached hydrogens (tertiary/aromatic N) is 5. The Bertz CT molecular complexity index is 1550. The molecule has 5 aromatic heterocycles. The standard InChI is InChI=1S/C26H17N5O/c1-2-8-23-20(7-1)21-17-30-22(14-24(21)31(23)25-9-3-5-11-28-25)18-13-19(16-27-15-18)32-26-10-4-6-12-29-26/h1-17H. The van der Waals surface area contributed by atoms with Crippen LogP contribution in [0.15, 0.2) is 104 Å². The first-order valence-corrected chi connectivity index (χ1v) is 10.2. The van der Waals surface area contributed by atoms with E-state index in [1.807, 2.05) is 60.8 Å². The molecular formula is C26H17N5O. The zero-order chi connectivity index (χ0) is 21.3. The molecule has 5 heterocycles. The van der Waals surface area contributed by atoms with Gasteiger partial charge in [-0.25, -0.2) is 9.97 Å². The Hall–Kier alpha value is -4.58. The quantitative estimate of drug-likeness (QED) is 0.363. The number of benzene rings is 1. The van der Waals surface area contributed by atoms with Crippen molar-refractivity contribution < 1.29 is 4.74 Å². The summed E-state index contributed by atoms with van der Waals surface area (Å²) in [5, 5.41) is 2.21. The first-order valence-electron chi connectivity index (χ1n) is 10.2. The smallest absolute Gasteiger partial charge is 0.219 e. The Labute approximate surface area is 183 Å². The minimum absolute atomic E-state index is 0.519. The van der Waals surface area contributed by atoms with Gasteiger partial charge in [-0.05, 0) is 36.4 Å². The zero-order valence-electron chi connectivity index (χ0n) is 17.0. The van der Waals surface area contributed by atoms with E-state index in [4.69, 9.17) is 9.72 Å². The van der Waals surface area contributed by atoms with E-state index in [1.54, 1.807) is 24.8 Å². The molecule has 32 heavy (non-hydrogen) atoms. The molecule has 0 fully saturated rings. The average molecular weight is 415 g/mol. The normalized spacial score (nSPS) is 11.1. The van der Waals surface area contributed by atoms with E-state index in [9.17, 15) is 0 Å². The minimum atomic E-state index is 0.519. The van der Waals surface area contributed by atoms with Gasteiger partial charge < -0.3 is 4.74 Å². The van der Waals surface area contributed by atoms with Crippen LogP contribution < -0.4 is 4.74 Å². The molecular weight excluding hydrogens is 398 g/mol. The summed E-state index contributed by atoms with van der Waals surface area (Å²) in [5.74, 6) is 1.99. The van der Waals surface area contributed by atoms with E-state index >= 15 is 0 Å². The molecule has 1 aromatic carbocycles. The van der Waals surface area contributed by atoms with Gasteiger partial charge in [-0.15, -0.1) is 0 Å². The molecule has 6 rings (SSSR count). The number of ether oxygens (including phenoxy) is 1. The summed E-state index contributed by atoms with van der Waals surface area (Å²) in [5.41, 5.74) is 3.78. The third-order valence-electron chi connectivity index (χ3n) is 5.31. The molecule has 0 spiro atoms. The Morgan fingerprint density at radius 2 is 1.50 bits per heavy atom. The molecule has 152 valence electrons. The predicted molar refractivity (Wildman–Crippen MR) is 124 cm³/mol. The van der Waals surface area contributed by atoms with Crippen molar-refractivity contribution in [2.45, 2.75) is 0 Å². The van der Waals surface area contributed by atoms with Crippen molar-refractivity contribution in [2.24, 2.45) is 0 Å². The highest BCUT2D eigenvalue weighted by atomic mass is 16.5. The summed E-state index contributed by atoms with van der Waals surface area (Å²) in [6, 6.07) is 23.8. The molecule has 6 aromatic rings. The van der Waals surface area contributed by atoms with Crippen LogP contribution in [-0.4, -0.2) is 24.5 Å². The average Bonchev–Trinajstić information content (AvgIpc) is 3.19. The zero-order valence-corrected chi connectivity index (χ0v) is 17.0. The van der Waals surface area contributed by atoms with E-state index in [-0.39, 0.29) is 0 Å². The van der Waals surface area contributed by atoms with Crippen molar-refractivity contribution in [3.63, 3.8) is 0 Å². The first kappa shape index (κ1) is 18.2. The number of hydrogen-bond donors (Lipinski definition) is 0. The van der Waals surface area contributed by atoms with Gasteiger partial charge in [0.2, 0.25) is 5.88 Å². The van der Waals surface area contributed by atoms with Crippen molar-refractivity contribution >= 4 is 21.8 Å².